The van der Waals surface area contributed by atoms with Gasteiger partial charge in [0.25, 0.3) is 0 Å². The Morgan fingerprint density at radius 2 is 2.00 bits per heavy atom. The van der Waals surface area contributed by atoms with Crippen molar-refractivity contribution < 1.29 is 14.7 Å². The smallest absolute Gasteiger partial charge is 0.335 e. The summed E-state index contributed by atoms with van der Waals surface area (Å²) in [4.78, 5) is 30.7. The van der Waals surface area contributed by atoms with Gasteiger partial charge < -0.3 is 15.4 Å². The molecular formula is C19H19N3O3. The zero-order valence-electron chi connectivity index (χ0n) is 13.9. The first kappa shape index (κ1) is 16.7. The van der Waals surface area contributed by atoms with E-state index in [1.165, 1.54) is 6.07 Å². The van der Waals surface area contributed by atoms with Crippen LogP contribution in [0.1, 0.15) is 33.7 Å². The Balaban J connectivity index is 1.55. The normalized spacial score (nSPS) is 10.8. The van der Waals surface area contributed by atoms with Crippen LogP contribution in [0, 0.1) is 6.92 Å². The molecule has 0 aliphatic heterocycles. The van der Waals surface area contributed by atoms with Crippen molar-refractivity contribution in [1.29, 1.82) is 0 Å². The van der Waals surface area contributed by atoms with Gasteiger partial charge >= 0.3 is 5.97 Å². The van der Waals surface area contributed by atoms with Gasteiger partial charge in [0, 0.05) is 19.4 Å². The van der Waals surface area contributed by atoms with Crippen molar-refractivity contribution in [3.05, 3.63) is 65.0 Å². The third kappa shape index (κ3) is 4.03. The number of rotatable bonds is 6. The number of hydrogen-bond acceptors (Lipinski definition) is 3. The van der Waals surface area contributed by atoms with Crippen LogP contribution in [0.2, 0.25) is 0 Å². The van der Waals surface area contributed by atoms with Gasteiger partial charge in [-0.1, -0.05) is 24.3 Å². The van der Waals surface area contributed by atoms with E-state index in [0.29, 0.717) is 19.4 Å². The molecular weight excluding hydrogens is 318 g/mol. The third-order valence-electron chi connectivity index (χ3n) is 4.02. The highest BCUT2D eigenvalue weighted by Gasteiger charge is 2.08. The minimum atomic E-state index is -0.978. The van der Waals surface area contributed by atoms with Crippen LogP contribution in [0.25, 0.3) is 11.0 Å². The molecule has 0 aliphatic carbocycles. The molecule has 0 saturated heterocycles. The quantitative estimate of drug-likeness (QED) is 0.644. The Bertz CT molecular complexity index is 931. The second kappa shape index (κ2) is 7.17. The summed E-state index contributed by atoms with van der Waals surface area (Å²) in [5.74, 6) is -0.293. The lowest BCUT2D eigenvalue weighted by atomic mass is 10.1. The number of carboxylic acid groups (broad SMARTS) is 1. The number of carbonyl (C=O) groups is 2. The number of hydrogen-bond donors (Lipinski definition) is 3. The highest BCUT2D eigenvalue weighted by Crippen LogP contribution is 2.16. The highest BCUT2D eigenvalue weighted by atomic mass is 16.4. The van der Waals surface area contributed by atoms with Gasteiger partial charge in [0.2, 0.25) is 5.91 Å². The number of aryl methyl sites for hydroxylation is 2. The van der Waals surface area contributed by atoms with Crippen molar-refractivity contribution >= 4 is 22.9 Å². The highest BCUT2D eigenvalue weighted by molar-refractivity contribution is 5.87. The fraction of sp³-hybridized carbons (Fsp3) is 0.211. The third-order valence-corrected chi connectivity index (χ3v) is 4.02. The number of amides is 1. The molecule has 25 heavy (non-hydrogen) atoms. The molecule has 6 heteroatoms. The summed E-state index contributed by atoms with van der Waals surface area (Å²) in [7, 11) is 0. The van der Waals surface area contributed by atoms with Crippen LogP contribution >= 0.6 is 0 Å². The number of carbonyl (C=O) groups excluding carboxylic acids is 1. The predicted octanol–water partition coefficient (Wildman–Crippen LogP) is 2.82. The summed E-state index contributed by atoms with van der Waals surface area (Å²) in [6.07, 6.45) is 0.840. The van der Waals surface area contributed by atoms with Crippen LogP contribution in [-0.4, -0.2) is 27.0 Å². The van der Waals surface area contributed by atoms with Gasteiger partial charge in [-0.2, -0.15) is 0 Å². The molecule has 0 spiro atoms. The molecule has 3 aromatic rings. The summed E-state index contributed by atoms with van der Waals surface area (Å²) in [6.45, 7) is 2.31. The molecule has 128 valence electrons. The summed E-state index contributed by atoms with van der Waals surface area (Å²) < 4.78 is 0. The molecule has 0 saturated carbocycles. The molecule has 0 bridgehead atoms. The number of imidazole rings is 1. The van der Waals surface area contributed by atoms with Gasteiger partial charge in [-0.3, -0.25) is 4.79 Å². The second-order valence-corrected chi connectivity index (χ2v) is 5.94. The Morgan fingerprint density at radius 3 is 2.76 bits per heavy atom. The van der Waals surface area contributed by atoms with Crippen molar-refractivity contribution in [2.75, 3.05) is 0 Å². The summed E-state index contributed by atoms with van der Waals surface area (Å²) >= 11 is 0. The lowest BCUT2D eigenvalue weighted by molar-refractivity contribution is -0.121. The number of H-pyrrole nitrogens is 1. The number of para-hydroxylation sites is 1. The number of aromatic carboxylic acids is 1. The van der Waals surface area contributed by atoms with Crippen LogP contribution < -0.4 is 5.32 Å². The second-order valence-electron chi connectivity index (χ2n) is 5.94. The van der Waals surface area contributed by atoms with E-state index in [4.69, 9.17) is 5.11 Å². The van der Waals surface area contributed by atoms with Crippen LogP contribution in [-0.2, 0) is 17.8 Å². The van der Waals surface area contributed by atoms with Crippen molar-refractivity contribution in [2.24, 2.45) is 0 Å². The SMILES string of the molecule is Cc1cccc2[nH]c(CCC(=O)NCc3cccc(C(=O)O)c3)nc12. The summed E-state index contributed by atoms with van der Waals surface area (Å²) in [5.41, 5.74) is 3.98. The van der Waals surface area contributed by atoms with Gasteiger partial charge in [0.05, 0.1) is 16.6 Å². The summed E-state index contributed by atoms with van der Waals surface area (Å²) in [6, 6.07) is 12.5. The van der Waals surface area contributed by atoms with E-state index in [1.807, 2.05) is 25.1 Å². The summed E-state index contributed by atoms with van der Waals surface area (Å²) in [5, 5.41) is 11.8. The molecule has 0 fully saturated rings. The number of nitrogens with zero attached hydrogens (tertiary/aromatic N) is 1. The van der Waals surface area contributed by atoms with E-state index in [9.17, 15) is 9.59 Å². The van der Waals surface area contributed by atoms with Crippen LogP contribution in [0.4, 0.5) is 0 Å². The Morgan fingerprint density at radius 1 is 1.20 bits per heavy atom. The van der Waals surface area contributed by atoms with E-state index in [-0.39, 0.29) is 11.5 Å². The molecule has 1 amide bonds. The molecule has 0 aliphatic rings. The lowest BCUT2D eigenvalue weighted by Crippen LogP contribution is -2.23. The van der Waals surface area contributed by atoms with Crippen LogP contribution in [0.5, 0.6) is 0 Å². The van der Waals surface area contributed by atoms with E-state index >= 15 is 0 Å². The molecule has 0 radical (unpaired) electrons. The van der Waals surface area contributed by atoms with E-state index in [0.717, 1.165) is 28.0 Å². The largest absolute Gasteiger partial charge is 0.478 e. The number of carboxylic acids is 1. The number of nitrogens with one attached hydrogen (secondary N) is 2. The standard InChI is InChI=1S/C19H19N3O3/c1-12-4-2-7-15-18(12)22-16(21-15)8-9-17(23)20-11-13-5-3-6-14(10-13)19(24)25/h2-7,10H,8-9,11H2,1H3,(H,20,23)(H,21,22)(H,24,25). The topological polar surface area (TPSA) is 95.1 Å². The molecule has 3 N–H and O–H groups in total. The lowest BCUT2D eigenvalue weighted by Gasteiger charge is -2.05. The van der Waals surface area contributed by atoms with E-state index in [2.05, 4.69) is 15.3 Å². The van der Waals surface area contributed by atoms with E-state index in [1.54, 1.807) is 18.2 Å². The van der Waals surface area contributed by atoms with Gasteiger partial charge in [-0.05, 0) is 36.2 Å². The minimum Gasteiger partial charge on any atom is -0.478 e. The van der Waals surface area contributed by atoms with Crippen LogP contribution in [0.15, 0.2) is 42.5 Å². The number of aromatic nitrogens is 2. The van der Waals surface area contributed by atoms with Gasteiger partial charge in [-0.15, -0.1) is 0 Å². The van der Waals surface area contributed by atoms with Gasteiger partial charge in [-0.25, -0.2) is 9.78 Å². The van der Waals surface area contributed by atoms with Gasteiger partial charge in [0.15, 0.2) is 0 Å². The molecule has 6 nitrogen and oxygen atoms in total. The van der Waals surface area contributed by atoms with Crippen molar-refractivity contribution in [1.82, 2.24) is 15.3 Å². The zero-order valence-corrected chi connectivity index (χ0v) is 13.9. The maximum Gasteiger partial charge on any atom is 0.335 e. The minimum absolute atomic E-state index is 0.0992. The van der Waals surface area contributed by atoms with Crippen molar-refractivity contribution in [2.45, 2.75) is 26.3 Å². The fourth-order valence-corrected chi connectivity index (χ4v) is 2.68. The van der Waals surface area contributed by atoms with Gasteiger partial charge in [0.1, 0.15) is 5.82 Å². The maximum absolute atomic E-state index is 12.0. The Labute approximate surface area is 144 Å². The Kier molecular flexibility index (Phi) is 4.79. The van der Waals surface area contributed by atoms with Crippen molar-refractivity contribution in [3.63, 3.8) is 0 Å². The first-order chi connectivity index (χ1) is 12.0. The Hall–Kier alpha value is -3.15. The van der Waals surface area contributed by atoms with E-state index < -0.39 is 5.97 Å². The number of aromatic amines is 1. The van der Waals surface area contributed by atoms with Crippen LogP contribution in [0.3, 0.4) is 0 Å². The average molecular weight is 337 g/mol. The van der Waals surface area contributed by atoms with Crippen molar-refractivity contribution in [3.8, 4) is 0 Å². The predicted molar refractivity (Wildman–Crippen MR) is 94.4 cm³/mol. The number of fused-ring (bicyclic) bond motifs is 1. The monoisotopic (exact) mass is 337 g/mol. The molecule has 2 aromatic carbocycles. The molecule has 3 rings (SSSR count). The molecule has 0 atom stereocenters. The zero-order chi connectivity index (χ0) is 17.8. The molecule has 1 heterocycles. The first-order valence-electron chi connectivity index (χ1n) is 8.06. The average Bonchev–Trinajstić information content (AvgIpc) is 3.03. The number of benzene rings is 2. The maximum atomic E-state index is 12.0. The first-order valence-corrected chi connectivity index (χ1v) is 8.06. The molecule has 1 aromatic heterocycles. The molecule has 0 unspecified atom stereocenters. The fourth-order valence-electron chi connectivity index (χ4n) is 2.68.